The summed E-state index contributed by atoms with van der Waals surface area (Å²) in [6, 6.07) is 0.727. The monoisotopic (exact) mass is 336 g/mol. The number of amides is 2. The van der Waals surface area contributed by atoms with Gasteiger partial charge in [-0.2, -0.15) is 18.3 Å². The lowest BCUT2D eigenvalue weighted by atomic mass is 10.2. The summed E-state index contributed by atoms with van der Waals surface area (Å²) in [5.41, 5.74) is -0.460. The number of ether oxygens (including phenoxy) is 1. The number of nitrogens with one attached hydrogen (secondary N) is 1. The molecule has 23 heavy (non-hydrogen) atoms. The first kappa shape index (κ1) is 19.3. The van der Waals surface area contributed by atoms with E-state index < -0.39 is 11.9 Å². The number of likely N-dealkylation sites (N-methyl/N-ethyl adjacent to an activating group) is 1. The lowest BCUT2D eigenvalue weighted by Gasteiger charge is -2.20. The maximum atomic E-state index is 12.9. The van der Waals surface area contributed by atoms with E-state index in [1.54, 1.807) is 14.0 Å². The van der Waals surface area contributed by atoms with Crippen molar-refractivity contribution in [3.8, 4) is 0 Å². The van der Waals surface area contributed by atoms with Crippen LogP contribution in [0, 0.1) is 12.8 Å². The number of rotatable bonds is 7. The first-order valence-electron chi connectivity index (χ1n) is 7.24. The van der Waals surface area contributed by atoms with E-state index in [-0.39, 0.29) is 25.0 Å². The largest absolute Gasteiger partial charge is 0.433 e. The summed E-state index contributed by atoms with van der Waals surface area (Å²) >= 11 is 0. The maximum absolute atomic E-state index is 12.9. The minimum Gasteiger partial charge on any atom is -0.383 e. The van der Waals surface area contributed by atoms with Crippen molar-refractivity contribution in [2.24, 2.45) is 5.92 Å². The van der Waals surface area contributed by atoms with Crippen LogP contribution in [0.15, 0.2) is 6.07 Å². The standard InChI is InChI=1S/C14H23F3N4O2/c1-10(8-18-13(22)20(3)5-6-23-4)9-21-12(14(15,16)17)7-11(2)19-21/h7,10H,5-6,8-9H2,1-4H3,(H,18,22)/t10-/m1/s1. The molecule has 1 atom stereocenters. The van der Waals surface area contributed by atoms with E-state index in [1.807, 2.05) is 0 Å². The van der Waals surface area contributed by atoms with Gasteiger partial charge in [-0.15, -0.1) is 0 Å². The third kappa shape index (κ3) is 6.09. The molecule has 1 aromatic heterocycles. The predicted molar refractivity (Wildman–Crippen MR) is 79.0 cm³/mol. The first-order chi connectivity index (χ1) is 10.6. The number of nitrogens with zero attached hydrogens (tertiary/aromatic N) is 3. The Balaban J connectivity index is 2.55. The van der Waals surface area contributed by atoms with Gasteiger partial charge in [0.1, 0.15) is 5.69 Å². The summed E-state index contributed by atoms with van der Waals surface area (Å²) in [6.07, 6.45) is -4.44. The van der Waals surface area contributed by atoms with Crippen molar-refractivity contribution < 1.29 is 22.7 Å². The van der Waals surface area contributed by atoms with E-state index in [1.165, 1.54) is 18.9 Å². The highest BCUT2D eigenvalue weighted by atomic mass is 19.4. The van der Waals surface area contributed by atoms with E-state index in [4.69, 9.17) is 4.74 Å². The molecule has 0 saturated heterocycles. The lowest BCUT2D eigenvalue weighted by molar-refractivity contribution is -0.144. The van der Waals surface area contributed by atoms with Crippen LogP contribution in [0.2, 0.25) is 0 Å². The number of hydrogen-bond acceptors (Lipinski definition) is 3. The summed E-state index contributed by atoms with van der Waals surface area (Å²) < 4.78 is 44.5. The summed E-state index contributed by atoms with van der Waals surface area (Å²) in [5.74, 6) is -0.199. The maximum Gasteiger partial charge on any atom is 0.433 e. The fourth-order valence-corrected chi connectivity index (χ4v) is 2.00. The normalized spacial score (nSPS) is 13.0. The molecule has 1 aromatic rings. The van der Waals surface area contributed by atoms with Crippen LogP contribution in [0.4, 0.5) is 18.0 Å². The Hall–Kier alpha value is -1.77. The van der Waals surface area contributed by atoms with Gasteiger partial charge in [-0.05, 0) is 18.9 Å². The molecule has 0 saturated carbocycles. The minimum absolute atomic E-state index is 0.0742. The summed E-state index contributed by atoms with van der Waals surface area (Å²) in [7, 11) is 3.16. The second kappa shape index (κ2) is 8.19. The average Bonchev–Trinajstić information content (AvgIpc) is 2.82. The third-order valence-electron chi connectivity index (χ3n) is 3.26. The third-order valence-corrected chi connectivity index (χ3v) is 3.26. The minimum atomic E-state index is -4.44. The van der Waals surface area contributed by atoms with E-state index in [9.17, 15) is 18.0 Å². The average molecular weight is 336 g/mol. The number of aryl methyl sites for hydroxylation is 1. The van der Waals surface area contributed by atoms with Crippen LogP contribution in [-0.4, -0.2) is 54.6 Å². The molecule has 2 amide bonds. The van der Waals surface area contributed by atoms with Gasteiger partial charge in [-0.1, -0.05) is 6.92 Å². The van der Waals surface area contributed by atoms with Gasteiger partial charge < -0.3 is 15.0 Å². The molecule has 1 rings (SSSR count). The molecule has 0 bridgehead atoms. The Morgan fingerprint density at radius 3 is 2.74 bits per heavy atom. The van der Waals surface area contributed by atoms with Gasteiger partial charge in [0, 0.05) is 33.8 Å². The number of aromatic nitrogens is 2. The van der Waals surface area contributed by atoms with Gasteiger partial charge in [0.25, 0.3) is 0 Å². The Morgan fingerprint density at radius 1 is 1.52 bits per heavy atom. The van der Waals surface area contributed by atoms with Crippen LogP contribution < -0.4 is 5.32 Å². The predicted octanol–water partition coefficient (Wildman–Crippen LogP) is 2.13. The number of urea groups is 1. The highest BCUT2D eigenvalue weighted by Gasteiger charge is 2.35. The fraction of sp³-hybridized carbons (Fsp3) is 0.714. The van der Waals surface area contributed by atoms with E-state index in [0.717, 1.165) is 10.7 Å². The topological polar surface area (TPSA) is 59.4 Å². The number of carbonyl (C=O) groups excluding carboxylic acids is 1. The summed E-state index contributed by atoms with van der Waals surface area (Å²) in [5, 5.41) is 6.56. The Morgan fingerprint density at radius 2 is 2.17 bits per heavy atom. The highest BCUT2D eigenvalue weighted by Crippen LogP contribution is 2.30. The lowest BCUT2D eigenvalue weighted by Crippen LogP contribution is -2.41. The number of hydrogen-bond donors (Lipinski definition) is 1. The van der Waals surface area contributed by atoms with Crippen LogP contribution in [0.5, 0.6) is 0 Å². The van der Waals surface area contributed by atoms with E-state index in [0.29, 0.717) is 18.8 Å². The molecule has 1 heterocycles. The van der Waals surface area contributed by atoms with Crippen molar-refractivity contribution in [3.63, 3.8) is 0 Å². The number of methoxy groups -OCH3 is 1. The zero-order chi connectivity index (χ0) is 17.6. The summed E-state index contributed by atoms with van der Waals surface area (Å²) in [4.78, 5) is 13.2. The van der Waals surface area contributed by atoms with Crippen molar-refractivity contribution >= 4 is 6.03 Å². The first-order valence-corrected chi connectivity index (χ1v) is 7.24. The van der Waals surface area contributed by atoms with Crippen molar-refractivity contribution in [2.45, 2.75) is 26.6 Å². The summed E-state index contributed by atoms with van der Waals surface area (Å²) in [6.45, 7) is 4.46. The molecule has 9 heteroatoms. The molecule has 0 fully saturated rings. The number of alkyl halides is 3. The van der Waals surface area contributed by atoms with Crippen LogP contribution in [0.25, 0.3) is 0 Å². The molecule has 132 valence electrons. The van der Waals surface area contributed by atoms with Crippen LogP contribution >= 0.6 is 0 Å². The molecular weight excluding hydrogens is 313 g/mol. The highest BCUT2D eigenvalue weighted by molar-refractivity contribution is 5.73. The van der Waals surface area contributed by atoms with Crippen molar-refractivity contribution in [2.75, 3.05) is 33.9 Å². The molecule has 0 aliphatic rings. The van der Waals surface area contributed by atoms with Crippen molar-refractivity contribution in [1.82, 2.24) is 20.0 Å². The van der Waals surface area contributed by atoms with Crippen LogP contribution in [-0.2, 0) is 17.5 Å². The smallest absolute Gasteiger partial charge is 0.383 e. The zero-order valence-corrected chi connectivity index (χ0v) is 13.8. The zero-order valence-electron chi connectivity index (χ0n) is 13.8. The number of halogens is 3. The van der Waals surface area contributed by atoms with Gasteiger partial charge in [-0.3, -0.25) is 4.68 Å². The van der Waals surface area contributed by atoms with E-state index in [2.05, 4.69) is 10.4 Å². The molecule has 0 aromatic carbocycles. The molecule has 0 aliphatic carbocycles. The van der Waals surface area contributed by atoms with Crippen molar-refractivity contribution in [3.05, 3.63) is 17.5 Å². The Kier molecular flexibility index (Phi) is 6.86. The molecule has 0 spiro atoms. The van der Waals surface area contributed by atoms with E-state index >= 15 is 0 Å². The second-order valence-corrected chi connectivity index (χ2v) is 5.56. The fourth-order valence-electron chi connectivity index (χ4n) is 2.00. The van der Waals surface area contributed by atoms with Crippen molar-refractivity contribution in [1.29, 1.82) is 0 Å². The Bertz CT molecular complexity index is 517. The van der Waals surface area contributed by atoms with Gasteiger partial charge in [0.05, 0.1) is 12.3 Å². The van der Waals surface area contributed by atoms with Crippen LogP contribution in [0.3, 0.4) is 0 Å². The van der Waals surface area contributed by atoms with Gasteiger partial charge in [-0.25, -0.2) is 4.79 Å². The van der Waals surface area contributed by atoms with Gasteiger partial charge >= 0.3 is 12.2 Å². The van der Waals surface area contributed by atoms with Gasteiger partial charge in [0.15, 0.2) is 0 Å². The molecule has 0 unspecified atom stereocenters. The molecule has 1 N–H and O–H groups in total. The quantitative estimate of drug-likeness (QED) is 0.830. The molecule has 0 aliphatic heterocycles. The Labute approximate surface area is 133 Å². The van der Waals surface area contributed by atoms with Crippen LogP contribution in [0.1, 0.15) is 18.3 Å². The molecule has 0 radical (unpaired) electrons. The SMILES string of the molecule is COCCN(C)C(=O)NC[C@@H](C)Cn1nc(C)cc1C(F)(F)F. The molecule has 6 nitrogen and oxygen atoms in total. The second-order valence-electron chi connectivity index (χ2n) is 5.56. The number of carbonyl (C=O) groups is 1. The van der Waals surface area contributed by atoms with Gasteiger partial charge in [0.2, 0.25) is 0 Å². The molecular formula is C14H23F3N4O2.